The van der Waals surface area contributed by atoms with Crippen LogP contribution in [0, 0.1) is 0 Å². The number of rotatable bonds is 5. The van der Waals surface area contributed by atoms with E-state index in [-0.39, 0.29) is 6.61 Å². The Morgan fingerprint density at radius 1 is 1.50 bits per heavy atom. The standard InChI is InChI=1S/C8H15N3O/c9-4-2-1-3-7-8(5-12)11-6-10-7/h6,12H,1-5,9H2,(H,10,11). The van der Waals surface area contributed by atoms with E-state index in [1.54, 1.807) is 6.33 Å². The number of aryl methyl sites for hydroxylation is 1. The van der Waals surface area contributed by atoms with Gasteiger partial charge in [-0.2, -0.15) is 0 Å². The van der Waals surface area contributed by atoms with Gasteiger partial charge >= 0.3 is 0 Å². The van der Waals surface area contributed by atoms with Crippen molar-refractivity contribution in [2.75, 3.05) is 6.54 Å². The number of hydrogen-bond donors (Lipinski definition) is 3. The number of unbranched alkanes of at least 4 members (excludes halogenated alkanes) is 1. The van der Waals surface area contributed by atoms with Gasteiger partial charge in [0.1, 0.15) is 0 Å². The van der Waals surface area contributed by atoms with Gasteiger partial charge in [0.2, 0.25) is 0 Å². The van der Waals surface area contributed by atoms with Gasteiger partial charge in [0.25, 0.3) is 0 Å². The molecule has 0 bridgehead atoms. The lowest BCUT2D eigenvalue weighted by Gasteiger charge is -1.98. The van der Waals surface area contributed by atoms with E-state index in [0.29, 0.717) is 0 Å². The summed E-state index contributed by atoms with van der Waals surface area (Å²) in [6.45, 7) is 0.761. The van der Waals surface area contributed by atoms with Crippen LogP contribution in [0.3, 0.4) is 0 Å². The maximum atomic E-state index is 8.87. The van der Waals surface area contributed by atoms with Crippen LogP contribution in [0.15, 0.2) is 6.33 Å². The number of nitrogens with zero attached hydrogens (tertiary/aromatic N) is 1. The van der Waals surface area contributed by atoms with Gasteiger partial charge in [-0.25, -0.2) is 4.98 Å². The molecule has 4 heteroatoms. The van der Waals surface area contributed by atoms with E-state index in [4.69, 9.17) is 10.8 Å². The Bertz CT molecular complexity index is 222. The van der Waals surface area contributed by atoms with Crippen molar-refractivity contribution in [2.24, 2.45) is 5.73 Å². The van der Waals surface area contributed by atoms with Crippen LogP contribution in [0.2, 0.25) is 0 Å². The maximum absolute atomic E-state index is 8.87. The van der Waals surface area contributed by atoms with Crippen molar-refractivity contribution in [1.82, 2.24) is 9.97 Å². The third-order valence-electron chi connectivity index (χ3n) is 1.83. The highest BCUT2D eigenvalue weighted by Gasteiger charge is 2.02. The molecular formula is C8H15N3O. The topological polar surface area (TPSA) is 74.9 Å². The highest BCUT2D eigenvalue weighted by Crippen LogP contribution is 2.06. The van der Waals surface area contributed by atoms with Crippen molar-refractivity contribution in [3.05, 3.63) is 17.7 Å². The molecule has 0 fully saturated rings. The molecule has 0 spiro atoms. The number of aliphatic hydroxyl groups excluding tert-OH is 1. The molecule has 0 aliphatic carbocycles. The lowest BCUT2D eigenvalue weighted by atomic mass is 10.1. The molecule has 0 atom stereocenters. The number of imidazole rings is 1. The van der Waals surface area contributed by atoms with E-state index in [1.807, 2.05) is 0 Å². The molecule has 0 aliphatic heterocycles. The molecule has 4 nitrogen and oxygen atoms in total. The number of aromatic nitrogens is 2. The largest absolute Gasteiger partial charge is 0.390 e. The van der Waals surface area contributed by atoms with Gasteiger partial charge in [-0.15, -0.1) is 0 Å². The summed E-state index contributed by atoms with van der Waals surface area (Å²) in [7, 11) is 0. The predicted molar refractivity (Wildman–Crippen MR) is 46.5 cm³/mol. The summed E-state index contributed by atoms with van der Waals surface area (Å²) in [5.41, 5.74) is 7.15. The highest BCUT2D eigenvalue weighted by atomic mass is 16.3. The Balaban J connectivity index is 2.39. The van der Waals surface area contributed by atoms with Crippen molar-refractivity contribution in [2.45, 2.75) is 25.9 Å². The Hall–Kier alpha value is -0.870. The van der Waals surface area contributed by atoms with Crippen molar-refractivity contribution in [3.8, 4) is 0 Å². The first-order chi connectivity index (χ1) is 5.88. The SMILES string of the molecule is NCCCCc1nc[nH]c1CO. The first kappa shape index (κ1) is 9.22. The molecule has 0 saturated heterocycles. The summed E-state index contributed by atoms with van der Waals surface area (Å²) in [4.78, 5) is 6.99. The molecule has 0 amide bonds. The van der Waals surface area contributed by atoms with Gasteiger partial charge in [-0.05, 0) is 25.8 Å². The molecule has 1 aromatic heterocycles. The zero-order valence-corrected chi connectivity index (χ0v) is 7.08. The van der Waals surface area contributed by atoms with Gasteiger partial charge in [-0.3, -0.25) is 0 Å². The minimum atomic E-state index is 0.0396. The summed E-state index contributed by atoms with van der Waals surface area (Å²) in [5.74, 6) is 0. The molecular weight excluding hydrogens is 154 g/mol. The molecule has 4 N–H and O–H groups in total. The molecule has 0 aliphatic rings. The minimum Gasteiger partial charge on any atom is -0.390 e. The molecule has 1 heterocycles. The number of aliphatic hydroxyl groups is 1. The fraction of sp³-hybridized carbons (Fsp3) is 0.625. The van der Waals surface area contributed by atoms with Crippen LogP contribution in [0.25, 0.3) is 0 Å². The van der Waals surface area contributed by atoms with Crippen LogP contribution in [0.1, 0.15) is 24.2 Å². The molecule has 0 unspecified atom stereocenters. The van der Waals surface area contributed by atoms with Crippen LogP contribution in [-0.2, 0) is 13.0 Å². The number of nitrogens with one attached hydrogen (secondary N) is 1. The van der Waals surface area contributed by atoms with Gasteiger partial charge < -0.3 is 15.8 Å². The lowest BCUT2D eigenvalue weighted by Crippen LogP contribution is -2.00. The van der Waals surface area contributed by atoms with Crippen molar-refractivity contribution in [1.29, 1.82) is 0 Å². The summed E-state index contributed by atoms with van der Waals surface area (Å²) in [6.07, 6.45) is 4.56. The quantitative estimate of drug-likeness (QED) is 0.550. The minimum absolute atomic E-state index is 0.0396. The van der Waals surface area contributed by atoms with Gasteiger partial charge in [0.15, 0.2) is 0 Å². The first-order valence-electron chi connectivity index (χ1n) is 4.20. The summed E-state index contributed by atoms with van der Waals surface area (Å²) >= 11 is 0. The van der Waals surface area contributed by atoms with E-state index in [0.717, 1.165) is 37.2 Å². The predicted octanol–water partition coefficient (Wildman–Crippen LogP) is 0.183. The lowest BCUT2D eigenvalue weighted by molar-refractivity contribution is 0.276. The van der Waals surface area contributed by atoms with Crippen LogP contribution in [0.4, 0.5) is 0 Å². The van der Waals surface area contributed by atoms with Gasteiger partial charge in [0.05, 0.1) is 24.3 Å². The molecule has 12 heavy (non-hydrogen) atoms. The second kappa shape index (κ2) is 4.90. The molecule has 1 aromatic rings. The number of nitrogens with two attached hydrogens (primary N) is 1. The molecule has 0 aromatic carbocycles. The van der Waals surface area contributed by atoms with Gasteiger partial charge in [-0.1, -0.05) is 0 Å². The van der Waals surface area contributed by atoms with E-state index in [2.05, 4.69) is 9.97 Å². The number of H-pyrrole nitrogens is 1. The Morgan fingerprint density at radius 2 is 2.33 bits per heavy atom. The summed E-state index contributed by atoms with van der Waals surface area (Å²) in [6, 6.07) is 0. The van der Waals surface area contributed by atoms with E-state index in [9.17, 15) is 0 Å². The Kier molecular flexibility index (Phi) is 3.76. The normalized spacial score (nSPS) is 10.5. The van der Waals surface area contributed by atoms with Crippen LogP contribution < -0.4 is 5.73 Å². The third kappa shape index (κ3) is 2.32. The van der Waals surface area contributed by atoms with E-state index < -0.39 is 0 Å². The second-order valence-electron chi connectivity index (χ2n) is 2.73. The number of hydrogen-bond acceptors (Lipinski definition) is 3. The average molecular weight is 169 g/mol. The second-order valence-corrected chi connectivity index (χ2v) is 2.73. The first-order valence-corrected chi connectivity index (χ1v) is 4.20. The molecule has 1 rings (SSSR count). The fourth-order valence-corrected chi connectivity index (χ4v) is 1.14. The smallest absolute Gasteiger partial charge is 0.0925 e. The molecule has 0 saturated carbocycles. The van der Waals surface area contributed by atoms with Crippen molar-refractivity contribution in [3.63, 3.8) is 0 Å². The molecule has 0 radical (unpaired) electrons. The maximum Gasteiger partial charge on any atom is 0.0925 e. The highest BCUT2D eigenvalue weighted by molar-refractivity contribution is 5.09. The van der Waals surface area contributed by atoms with Crippen LogP contribution >= 0.6 is 0 Å². The van der Waals surface area contributed by atoms with Gasteiger partial charge in [0, 0.05) is 0 Å². The van der Waals surface area contributed by atoms with E-state index >= 15 is 0 Å². The van der Waals surface area contributed by atoms with Crippen LogP contribution in [-0.4, -0.2) is 21.6 Å². The third-order valence-corrected chi connectivity index (χ3v) is 1.83. The van der Waals surface area contributed by atoms with Crippen molar-refractivity contribution >= 4 is 0 Å². The monoisotopic (exact) mass is 169 g/mol. The average Bonchev–Trinajstić information content (AvgIpc) is 2.52. The fourth-order valence-electron chi connectivity index (χ4n) is 1.14. The Morgan fingerprint density at radius 3 is 3.00 bits per heavy atom. The van der Waals surface area contributed by atoms with Crippen molar-refractivity contribution < 1.29 is 5.11 Å². The summed E-state index contributed by atoms with van der Waals surface area (Å²) in [5, 5.41) is 8.87. The molecule has 68 valence electrons. The number of aromatic amines is 1. The summed E-state index contributed by atoms with van der Waals surface area (Å²) < 4.78 is 0. The zero-order valence-electron chi connectivity index (χ0n) is 7.08. The Labute approximate surface area is 71.8 Å². The van der Waals surface area contributed by atoms with E-state index in [1.165, 1.54) is 0 Å². The zero-order chi connectivity index (χ0) is 8.81. The van der Waals surface area contributed by atoms with Crippen LogP contribution in [0.5, 0.6) is 0 Å².